The van der Waals surface area contributed by atoms with Gasteiger partial charge in [-0.2, -0.15) is 5.26 Å². The number of aromatic nitrogens is 1. The highest BCUT2D eigenvalue weighted by Gasteiger charge is 2.29. The zero-order valence-corrected chi connectivity index (χ0v) is 16.4. The molecule has 0 unspecified atom stereocenters. The van der Waals surface area contributed by atoms with Crippen LogP contribution in [0.5, 0.6) is 11.5 Å². The standard InChI is InChI=1S/C20H21FN4O4/c1-4-29-20(26)25-6-5-15-13(10-25)18(12(9-22)19(23)24-15)11-7-16(27-2)17(28-3)8-14(11)21/h7-8H,4-6,10H2,1-3H3,(H2,23,24). The number of hydrogen-bond acceptors (Lipinski definition) is 7. The molecule has 29 heavy (non-hydrogen) atoms. The van der Waals surface area contributed by atoms with E-state index in [1.54, 1.807) is 6.92 Å². The highest BCUT2D eigenvalue weighted by atomic mass is 19.1. The first-order valence-electron chi connectivity index (χ1n) is 9.00. The molecule has 1 amide bonds. The molecule has 9 heteroatoms. The van der Waals surface area contributed by atoms with Crippen LogP contribution in [-0.4, -0.2) is 43.3 Å². The molecule has 2 heterocycles. The molecule has 0 bridgehead atoms. The Morgan fingerprint density at radius 1 is 1.34 bits per heavy atom. The summed E-state index contributed by atoms with van der Waals surface area (Å²) in [5.41, 5.74) is 7.63. The van der Waals surface area contributed by atoms with Crippen LogP contribution in [0.2, 0.25) is 0 Å². The first-order chi connectivity index (χ1) is 13.9. The second kappa shape index (κ2) is 8.22. The van der Waals surface area contributed by atoms with Gasteiger partial charge in [0.05, 0.1) is 33.1 Å². The van der Waals surface area contributed by atoms with Crippen molar-refractivity contribution in [1.29, 1.82) is 5.26 Å². The number of carbonyl (C=O) groups is 1. The number of amides is 1. The predicted molar refractivity (Wildman–Crippen MR) is 103 cm³/mol. The molecule has 1 aromatic heterocycles. The van der Waals surface area contributed by atoms with E-state index >= 15 is 4.39 Å². The summed E-state index contributed by atoms with van der Waals surface area (Å²) in [5.74, 6) is -0.0773. The van der Waals surface area contributed by atoms with Gasteiger partial charge in [0.2, 0.25) is 0 Å². The molecule has 2 N–H and O–H groups in total. The van der Waals surface area contributed by atoms with Crippen molar-refractivity contribution in [3.05, 3.63) is 34.8 Å². The van der Waals surface area contributed by atoms with Gasteiger partial charge in [-0.1, -0.05) is 0 Å². The van der Waals surface area contributed by atoms with E-state index < -0.39 is 11.9 Å². The third kappa shape index (κ3) is 3.61. The highest BCUT2D eigenvalue weighted by Crippen LogP contribution is 2.40. The number of fused-ring (bicyclic) bond motifs is 1. The molecule has 0 atom stereocenters. The third-order valence-electron chi connectivity index (χ3n) is 4.76. The fourth-order valence-corrected chi connectivity index (χ4v) is 3.41. The molecule has 1 aliphatic rings. The van der Waals surface area contributed by atoms with Crippen LogP contribution in [0.25, 0.3) is 11.1 Å². The lowest BCUT2D eigenvalue weighted by Crippen LogP contribution is -2.37. The topological polar surface area (TPSA) is 111 Å². The predicted octanol–water partition coefficient (Wildman–Crippen LogP) is 2.87. The van der Waals surface area contributed by atoms with Crippen molar-refractivity contribution in [2.45, 2.75) is 19.9 Å². The van der Waals surface area contributed by atoms with Gasteiger partial charge in [0.1, 0.15) is 23.3 Å². The van der Waals surface area contributed by atoms with E-state index in [9.17, 15) is 10.1 Å². The SMILES string of the molecule is CCOC(=O)N1CCc2nc(N)c(C#N)c(-c3cc(OC)c(OC)cc3F)c2C1. The number of anilines is 1. The maximum Gasteiger partial charge on any atom is 0.410 e. The number of ether oxygens (including phenoxy) is 3. The molecule has 0 radical (unpaired) electrons. The summed E-state index contributed by atoms with van der Waals surface area (Å²) in [6, 6.07) is 4.65. The first-order valence-corrected chi connectivity index (χ1v) is 9.00. The van der Waals surface area contributed by atoms with Crippen LogP contribution in [0.4, 0.5) is 15.0 Å². The number of nitrogen functional groups attached to an aromatic ring is 1. The molecular formula is C20H21FN4O4. The van der Waals surface area contributed by atoms with Crippen molar-refractivity contribution in [2.75, 3.05) is 33.1 Å². The van der Waals surface area contributed by atoms with Gasteiger partial charge >= 0.3 is 6.09 Å². The lowest BCUT2D eigenvalue weighted by atomic mass is 9.90. The molecule has 0 saturated heterocycles. The van der Waals surface area contributed by atoms with Crippen molar-refractivity contribution in [1.82, 2.24) is 9.88 Å². The summed E-state index contributed by atoms with van der Waals surface area (Å²) < 4.78 is 30.5. The van der Waals surface area contributed by atoms with Gasteiger partial charge in [-0.05, 0) is 13.0 Å². The van der Waals surface area contributed by atoms with Crippen LogP contribution in [-0.2, 0) is 17.7 Å². The summed E-state index contributed by atoms with van der Waals surface area (Å²) in [7, 11) is 2.84. The van der Waals surface area contributed by atoms with Crippen LogP contribution >= 0.6 is 0 Å². The molecule has 152 valence electrons. The zero-order valence-electron chi connectivity index (χ0n) is 16.4. The first kappa shape index (κ1) is 20.2. The van der Waals surface area contributed by atoms with Crippen molar-refractivity contribution < 1.29 is 23.4 Å². The second-order valence-corrected chi connectivity index (χ2v) is 6.34. The van der Waals surface area contributed by atoms with Crippen LogP contribution in [0, 0.1) is 17.1 Å². The summed E-state index contributed by atoms with van der Waals surface area (Å²) in [4.78, 5) is 18.0. The van der Waals surface area contributed by atoms with Crippen molar-refractivity contribution in [2.24, 2.45) is 0 Å². The number of nitrogens with zero attached hydrogens (tertiary/aromatic N) is 3. The third-order valence-corrected chi connectivity index (χ3v) is 4.76. The van der Waals surface area contributed by atoms with Crippen LogP contribution in [0.3, 0.4) is 0 Å². The number of nitriles is 1. The minimum atomic E-state index is -0.611. The molecular weight excluding hydrogens is 379 g/mol. The van der Waals surface area contributed by atoms with Crippen molar-refractivity contribution in [3.63, 3.8) is 0 Å². The van der Waals surface area contributed by atoms with Gasteiger partial charge in [-0.3, -0.25) is 0 Å². The number of methoxy groups -OCH3 is 2. The van der Waals surface area contributed by atoms with Crippen LogP contribution in [0.1, 0.15) is 23.7 Å². The summed E-state index contributed by atoms with van der Waals surface area (Å²) in [5, 5.41) is 9.69. The normalized spacial score (nSPS) is 12.7. The van der Waals surface area contributed by atoms with E-state index in [2.05, 4.69) is 4.98 Å². The van der Waals surface area contributed by atoms with E-state index in [-0.39, 0.29) is 35.8 Å². The minimum absolute atomic E-state index is 0.0139. The Hall–Kier alpha value is -3.54. The number of hydrogen-bond donors (Lipinski definition) is 1. The van der Waals surface area contributed by atoms with E-state index in [4.69, 9.17) is 19.9 Å². The Morgan fingerprint density at radius 3 is 2.66 bits per heavy atom. The van der Waals surface area contributed by atoms with Gasteiger partial charge in [-0.25, -0.2) is 14.2 Å². The summed E-state index contributed by atoms with van der Waals surface area (Å²) >= 11 is 0. The molecule has 8 nitrogen and oxygen atoms in total. The lowest BCUT2D eigenvalue weighted by Gasteiger charge is -2.30. The van der Waals surface area contributed by atoms with Gasteiger partial charge in [0, 0.05) is 35.7 Å². The highest BCUT2D eigenvalue weighted by molar-refractivity contribution is 5.81. The van der Waals surface area contributed by atoms with E-state index in [1.165, 1.54) is 31.3 Å². The Labute approximate surface area is 167 Å². The van der Waals surface area contributed by atoms with E-state index in [1.807, 2.05) is 6.07 Å². The molecule has 0 fully saturated rings. The average Bonchev–Trinajstić information content (AvgIpc) is 2.72. The molecule has 1 aliphatic heterocycles. The number of benzene rings is 1. The summed E-state index contributed by atoms with van der Waals surface area (Å²) in [6.45, 7) is 2.47. The molecule has 0 spiro atoms. The Balaban J connectivity index is 2.23. The van der Waals surface area contributed by atoms with Gasteiger partial charge < -0.3 is 24.8 Å². The monoisotopic (exact) mass is 400 g/mol. The Kier molecular flexibility index (Phi) is 5.73. The number of halogens is 1. The molecule has 0 aliphatic carbocycles. The quantitative estimate of drug-likeness (QED) is 0.840. The Morgan fingerprint density at radius 2 is 2.03 bits per heavy atom. The van der Waals surface area contributed by atoms with Crippen molar-refractivity contribution in [3.8, 4) is 28.7 Å². The van der Waals surface area contributed by atoms with Crippen LogP contribution < -0.4 is 15.2 Å². The van der Waals surface area contributed by atoms with Gasteiger partial charge in [0.15, 0.2) is 11.5 Å². The lowest BCUT2D eigenvalue weighted by molar-refractivity contribution is 0.102. The number of pyridine rings is 1. The smallest absolute Gasteiger partial charge is 0.410 e. The fraction of sp³-hybridized carbons (Fsp3) is 0.350. The van der Waals surface area contributed by atoms with Gasteiger partial charge in [0.25, 0.3) is 0 Å². The minimum Gasteiger partial charge on any atom is -0.493 e. The molecule has 0 saturated carbocycles. The van der Waals surface area contributed by atoms with E-state index in [0.29, 0.717) is 35.5 Å². The number of carbonyl (C=O) groups excluding carboxylic acids is 1. The zero-order chi connectivity index (χ0) is 21.1. The van der Waals surface area contributed by atoms with Gasteiger partial charge in [-0.15, -0.1) is 0 Å². The maximum atomic E-state index is 15.0. The number of rotatable bonds is 4. The van der Waals surface area contributed by atoms with E-state index in [0.717, 1.165) is 0 Å². The Bertz CT molecular complexity index is 1000. The number of nitrogens with two attached hydrogens (primary N) is 1. The van der Waals surface area contributed by atoms with Crippen LogP contribution in [0.15, 0.2) is 12.1 Å². The molecule has 1 aromatic carbocycles. The molecule has 3 rings (SSSR count). The van der Waals surface area contributed by atoms with Crippen molar-refractivity contribution >= 4 is 11.9 Å². The summed E-state index contributed by atoms with van der Waals surface area (Å²) in [6.07, 6.45) is -0.0707. The maximum absolute atomic E-state index is 15.0. The fourth-order valence-electron chi connectivity index (χ4n) is 3.41. The largest absolute Gasteiger partial charge is 0.493 e. The second-order valence-electron chi connectivity index (χ2n) is 6.34. The molecule has 2 aromatic rings. The average molecular weight is 400 g/mol.